The zero-order valence-electron chi connectivity index (χ0n) is 17.8. The highest BCUT2D eigenvalue weighted by molar-refractivity contribution is 9.09. The number of rotatable bonds is 7. The van der Waals surface area contributed by atoms with Gasteiger partial charge in [-0.05, 0) is 66.2 Å². The summed E-state index contributed by atoms with van der Waals surface area (Å²) in [5, 5.41) is 3.44. The molecule has 1 rings (SSSR count). The molecule has 0 heterocycles. The molecule has 28 heavy (non-hydrogen) atoms. The molecule has 0 radical (unpaired) electrons. The molecular weight excluding hydrogens is 426 g/mol. The van der Waals surface area contributed by atoms with Crippen molar-refractivity contribution in [1.82, 2.24) is 5.32 Å². The van der Waals surface area contributed by atoms with Crippen molar-refractivity contribution in [3.8, 4) is 5.75 Å². The molecule has 0 saturated carbocycles. The van der Waals surface area contributed by atoms with Crippen molar-refractivity contribution in [3.63, 3.8) is 0 Å². The molecule has 1 aromatic rings. The van der Waals surface area contributed by atoms with E-state index in [1.165, 1.54) is 0 Å². The zero-order chi connectivity index (χ0) is 21.6. The van der Waals surface area contributed by atoms with Crippen molar-refractivity contribution in [2.45, 2.75) is 71.6 Å². The SMILES string of the molecule is CC(C)(C)OC(=O)N[C@](C)(Cc1ccc(OCCBr)cc1)C(=O)OC(C)(C)C. The number of hydrogen-bond acceptors (Lipinski definition) is 5. The summed E-state index contributed by atoms with van der Waals surface area (Å²) in [6, 6.07) is 7.40. The summed E-state index contributed by atoms with van der Waals surface area (Å²) in [7, 11) is 0. The van der Waals surface area contributed by atoms with Gasteiger partial charge in [-0.2, -0.15) is 0 Å². The maximum absolute atomic E-state index is 12.9. The Balaban J connectivity index is 3.02. The van der Waals surface area contributed by atoms with Gasteiger partial charge in [0.15, 0.2) is 0 Å². The summed E-state index contributed by atoms with van der Waals surface area (Å²) >= 11 is 3.32. The molecular formula is C21H32BrNO5. The topological polar surface area (TPSA) is 73.9 Å². The number of benzene rings is 1. The smallest absolute Gasteiger partial charge is 0.408 e. The fraction of sp³-hybridized carbons (Fsp3) is 0.619. The molecule has 0 unspecified atom stereocenters. The molecule has 0 aromatic heterocycles. The first kappa shape index (κ1) is 24.3. The largest absolute Gasteiger partial charge is 0.493 e. The second kappa shape index (κ2) is 9.63. The second-order valence-electron chi connectivity index (χ2n) is 8.82. The van der Waals surface area contributed by atoms with E-state index in [4.69, 9.17) is 14.2 Å². The third-order valence-electron chi connectivity index (χ3n) is 3.45. The molecule has 0 aliphatic carbocycles. The number of carbonyl (C=O) groups excluding carboxylic acids is 2. The van der Waals surface area contributed by atoms with Gasteiger partial charge in [-0.3, -0.25) is 0 Å². The number of alkyl halides is 1. The fourth-order valence-corrected chi connectivity index (χ4v) is 2.52. The average molecular weight is 458 g/mol. The number of halogens is 1. The highest BCUT2D eigenvalue weighted by Crippen LogP contribution is 2.22. The van der Waals surface area contributed by atoms with Crippen LogP contribution < -0.4 is 10.1 Å². The molecule has 7 heteroatoms. The third-order valence-corrected chi connectivity index (χ3v) is 3.78. The Hall–Kier alpha value is -1.76. The maximum Gasteiger partial charge on any atom is 0.408 e. The van der Waals surface area contributed by atoms with Gasteiger partial charge in [0.1, 0.15) is 22.5 Å². The molecule has 1 N–H and O–H groups in total. The molecule has 1 aromatic carbocycles. The van der Waals surface area contributed by atoms with E-state index in [1.807, 2.05) is 24.3 Å². The summed E-state index contributed by atoms with van der Waals surface area (Å²) in [6.07, 6.45) is -0.419. The number of nitrogens with one attached hydrogen (secondary N) is 1. The third kappa shape index (κ3) is 8.95. The van der Waals surface area contributed by atoms with Crippen LogP contribution in [0.25, 0.3) is 0 Å². The summed E-state index contributed by atoms with van der Waals surface area (Å²) in [4.78, 5) is 25.2. The van der Waals surface area contributed by atoms with Gasteiger partial charge in [0.25, 0.3) is 0 Å². The first-order valence-electron chi connectivity index (χ1n) is 9.26. The molecule has 0 bridgehead atoms. The zero-order valence-corrected chi connectivity index (χ0v) is 19.4. The predicted octanol–water partition coefficient (Wildman–Crippen LogP) is 4.63. The highest BCUT2D eigenvalue weighted by Gasteiger charge is 2.40. The van der Waals surface area contributed by atoms with Crippen LogP contribution in [0.5, 0.6) is 5.75 Å². The van der Waals surface area contributed by atoms with Crippen molar-refractivity contribution in [2.75, 3.05) is 11.9 Å². The van der Waals surface area contributed by atoms with Crippen LogP contribution in [0.15, 0.2) is 24.3 Å². The highest BCUT2D eigenvalue weighted by atomic mass is 79.9. The van der Waals surface area contributed by atoms with Crippen LogP contribution in [-0.2, 0) is 20.7 Å². The van der Waals surface area contributed by atoms with Gasteiger partial charge in [0, 0.05) is 11.8 Å². The normalized spacial score (nSPS) is 14.0. The van der Waals surface area contributed by atoms with Crippen molar-refractivity contribution in [3.05, 3.63) is 29.8 Å². The van der Waals surface area contributed by atoms with Crippen LogP contribution in [0.2, 0.25) is 0 Å². The van der Waals surface area contributed by atoms with E-state index >= 15 is 0 Å². The first-order valence-corrected chi connectivity index (χ1v) is 10.4. The summed E-state index contributed by atoms with van der Waals surface area (Å²) in [5.41, 5.74) is -1.78. The minimum absolute atomic E-state index is 0.250. The van der Waals surface area contributed by atoms with Gasteiger partial charge in [-0.25, -0.2) is 9.59 Å². The molecule has 0 aliphatic rings. The summed E-state index contributed by atoms with van der Waals surface area (Å²) < 4.78 is 16.4. The lowest BCUT2D eigenvalue weighted by molar-refractivity contribution is -0.162. The van der Waals surface area contributed by atoms with Gasteiger partial charge in [-0.1, -0.05) is 28.1 Å². The van der Waals surface area contributed by atoms with Crippen LogP contribution in [0.4, 0.5) is 4.79 Å². The number of amides is 1. The van der Waals surface area contributed by atoms with Gasteiger partial charge < -0.3 is 19.5 Å². The van der Waals surface area contributed by atoms with E-state index in [9.17, 15) is 9.59 Å². The van der Waals surface area contributed by atoms with Crippen molar-refractivity contribution < 1.29 is 23.8 Å². The average Bonchev–Trinajstić information content (AvgIpc) is 2.50. The van der Waals surface area contributed by atoms with Gasteiger partial charge in [0.2, 0.25) is 0 Å². The van der Waals surface area contributed by atoms with Crippen LogP contribution in [-0.4, -0.2) is 40.7 Å². The van der Waals surface area contributed by atoms with Crippen LogP contribution >= 0.6 is 15.9 Å². The molecule has 6 nitrogen and oxygen atoms in total. The Morgan fingerprint density at radius 3 is 1.93 bits per heavy atom. The number of carbonyl (C=O) groups is 2. The predicted molar refractivity (Wildman–Crippen MR) is 113 cm³/mol. The van der Waals surface area contributed by atoms with Gasteiger partial charge in [0.05, 0.1) is 6.61 Å². The van der Waals surface area contributed by atoms with E-state index in [1.54, 1.807) is 48.5 Å². The maximum atomic E-state index is 12.9. The van der Waals surface area contributed by atoms with Crippen molar-refractivity contribution >= 4 is 28.0 Å². The van der Waals surface area contributed by atoms with E-state index in [2.05, 4.69) is 21.2 Å². The van der Waals surface area contributed by atoms with E-state index in [-0.39, 0.29) is 6.42 Å². The molecule has 0 spiro atoms. The van der Waals surface area contributed by atoms with E-state index < -0.39 is 28.8 Å². The summed E-state index contributed by atoms with van der Waals surface area (Å²) in [5.74, 6) is 0.216. The van der Waals surface area contributed by atoms with E-state index in [0.29, 0.717) is 6.61 Å². The second-order valence-corrected chi connectivity index (χ2v) is 9.61. The lowest BCUT2D eigenvalue weighted by Gasteiger charge is -2.33. The van der Waals surface area contributed by atoms with Crippen molar-refractivity contribution in [2.24, 2.45) is 0 Å². The monoisotopic (exact) mass is 457 g/mol. The molecule has 1 atom stereocenters. The lowest BCUT2D eigenvalue weighted by atomic mass is 9.92. The summed E-state index contributed by atoms with van der Waals surface area (Å²) in [6.45, 7) is 12.9. The Labute approximate surface area is 176 Å². The van der Waals surface area contributed by atoms with Crippen molar-refractivity contribution in [1.29, 1.82) is 0 Å². The Morgan fingerprint density at radius 2 is 1.46 bits per heavy atom. The first-order chi connectivity index (χ1) is 12.7. The van der Waals surface area contributed by atoms with Gasteiger partial charge >= 0.3 is 12.1 Å². The van der Waals surface area contributed by atoms with E-state index in [0.717, 1.165) is 16.6 Å². The van der Waals surface area contributed by atoms with Gasteiger partial charge in [-0.15, -0.1) is 0 Å². The minimum atomic E-state index is -1.28. The lowest BCUT2D eigenvalue weighted by Crippen LogP contribution is -2.56. The fourth-order valence-electron chi connectivity index (χ4n) is 2.36. The van der Waals surface area contributed by atoms with Crippen LogP contribution in [0, 0.1) is 0 Å². The molecule has 1 amide bonds. The molecule has 0 aliphatic heterocycles. The van der Waals surface area contributed by atoms with Crippen LogP contribution in [0.3, 0.4) is 0 Å². The standard InChI is InChI=1S/C21H32BrNO5/c1-19(2,3)27-17(24)21(7,23-18(25)28-20(4,5)6)14-15-8-10-16(11-9-15)26-13-12-22/h8-11H,12-14H2,1-7H3,(H,23,25)/t21-/m1/s1. The number of esters is 1. The van der Waals surface area contributed by atoms with Crippen LogP contribution in [0.1, 0.15) is 54.0 Å². The molecule has 0 fully saturated rings. The quantitative estimate of drug-likeness (QED) is 0.477. The Bertz CT molecular complexity index is 661. The Morgan fingerprint density at radius 1 is 0.929 bits per heavy atom. The number of hydrogen-bond donors (Lipinski definition) is 1. The number of ether oxygens (including phenoxy) is 3. The minimum Gasteiger partial charge on any atom is -0.493 e. The Kier molecular flexibility index (Phi) is 8.35. The molecule has 158 valence electrons. The number of alkyl carbamates (subject to hydrolysis) is 1. The molecule has 0 saturated heterocycles.